The Hall–Kier alpha value is -4.50. The Balaban J connectivity index is 1.69. The first-order valence-electron chi connectivity index (χ1n) is 10.6. The molecule has 0 fully saturated rings. The maximum Gasteiger partial charge on any atom is 0.266 e. The smallest absolute Gasteiger partial charge is 0.266 e. The molecule has 0 unspecified atom stereocenters. The SMILES string of the molecule is Cc1ccc(NC(=O)/C(C#N)=C/c2cn(Cc3ccccc3)nc2-c2cccnc2)c(C)c1. The van der Waals surface area contributed by atoms with E-state index in [1.54, 1.807) is 23.2 Å². The summed E-state index contributed by atoms with van der Waals surface area (Å²) < 4.78 is 1.81. The highest BCUT2D eigenvalue weighted by molar-refractivity contribution is 6.10. The number of benzene rings is 2. The van der Waals surface area contributed by atoms with Crippen LogP contribution in [0.15, 0.2) is 84.8 Å². The van der Waals surface area contributed by atoms with E-state index in [0.29, 0.717) is 23.5 Å². The monoisotopic (exact) mass is 433 g/mol. The summed E-state index contributed by atoms with van der Waals surface area (Å²) >= 11 is 0. The van der Waals surface area contributed by atoms with Gasteiger partial charge < -0.3 is 5.32 Å². The van der Waals surface area contributed by atoms with E-state index in [4.69, 9.17) is 5.10 Å². The molecule has 0 aliphatic rings. The number of nitrogens with zero attached hydrogens (tertiary/aromatic N) is 4. The van der Waals surface area contributed by atoms with Crippen molar-refractivity contribution in [3.05, 3.63) is 107 Å². The van der Waals surface area contributed by atoms with Crippen molar-refractivity contribution in [2.45, 2.75) is 20.4 Å². The van der Waals surface area contributed by atoms with Crippen LogP contribution in [0, 0.1) is 25.2 Å². The lowest BCUT2D eigenvalue weighted by atomic mass is 10.1. The van der Waals surface area contributed by atoms with Crippen molar-refractivity contribution >= 4 is 17.7 Å². The van der Waals surface area contributed by atoms with Gasteiger partial charge in [0.2, 0.25) is 0 Å². The number of anilines is 1. The van der Waals surface area contributed by atoms with Crippen molar-refractivity contribution in [1.82, 2.24) is 14.8 Å². The fraction of sp³-hybridized carbons (Fsp3) is 0.111. The minimum absolute atomic E-state index is 0.000577. The van der Waals surface area contributed by atoms with Crippen LogP contribution in [0.25, 0.3) is 17.3 Å². The summed E-state index contributed by atoms with van der Waals surface area (Å²) in [6.07, 6.45) is 6.83. The molecule has 0 saturated heterocycles. The van der Waals surface area contributed by atoms with Gasteiger partial charge in [0.15, 0.2) is 0 Å². The van der Waals surface area contributed by atoms with Crippen LogP contribution in [-0.4, -0.2) is 20.7 Å². The number of hydrogen-bond donors (Lipinski definition) is 1. The molecule has 4 aromatic rings. The summed E-state index contributed by atoms with van der Waals surface area (Å²) in [4.78, 5) is 17.1. The van der Waals surface area contributed by atoms with E-state index in [1.807, 2.05) is 86.8 Å². The van der Waals surface area contributed by atoms with Crippen molar-refractivity contribution in [2.24, 2.45) is 0 Å². The molecule has 33 heavy (non-hydrogen) atoms. The number of aryl methyl sites for hydroxylation is 2. The predicted molar refractivity (Wildman–Crippen MR) is 129 cm³/mol. The Kier molecular flexibility index (Phi) is 6.42. The first kappa shape index (κ1) is 21.7. The molecule has 0 atom stereocenters. The fourth-order valence-electron chi connectivity index (χ4n) is 3.57. The zero-order valence-corrected chi connectivity index (χ0v) is 18.5. The third-order valence-corrected chi connectivity index (χ3v) is 5.21. The average Bonchev–Trinajstić information content (AvgIpc) is 3.22. The maximum atomic E-state index is 12.9. The summed E-state index contributed by atoms with van der Waals surface area (Å²) in [6, 6.07) is 21.5. The van der Waals surface area contributed by atoms with Gasteiger partial charge >= 0.3 is 0 Å². The van der Waals surface area contributed by atoms with Gasteiger partial charge in [0.05, 0.1) is 6.54 Å². The number of nitriles is 1. The Morgan fingerprint density at radius 1 is 1.12 bits per heavy atom. The van der Waals surface area contributed by atoms with Gasteiger partial charge in [-0.05, 0) is 49.2 Å². The van der Waals surface area contributed by atoms with Gasteiger partial charge in [0.1, 0.15) is 17.3 Å². The molecular formula is C27H23N5O. The van der Waals surface area contributed by atoms with Gasteiger partial charge in [-0.15, -0.1) is 0 Å². The van der Waals surface area contributed by atoms with Crippen LogP contribution in [0.5, 0.6) is 0 Å². The van der Waals surface area contributed by atoms with E-state index >= 15 is 0 Å². The Morgan fingerprint density at radius 3 is 2.64 bits per heavy atom. The Bertz CT molecular complexity index is 1350. The minimum Gasteiger partial charge on any atom is -0.321 e. The van der Waals surface area contributed by atoms with Gasteiger partial charge in [-0.3, -0.25) is 14.5 Å². The molecule has 0 aliphatic heterocycles. The zero-order valence-electron chi connectivity index (χ0n) is 18.5. The molecule has 6 nitrogen and oxygen atoms in total. The molecule has 2 heterocycles. The minimum atomic E-state index is -0.461. The van der Waals surface area contributed by atoms with Crippen LogP contribution in [0.2, 0.25) is 0 Å². The molecule has 4 rings (SSSR count). The molecular weight excluding hydrogens is 410 g/mol. The van der Waals surface area contributed by atoms with Crippen LogP contribution >= 0.6 is 0 Å². The van der Waals surface area contributed by atoms with Gasteiger partial charge in [0, 0.05) is 35.4 Å². The van der Waals surface area contributed by atoms with E-state index in [2.05, 4.69) is 10.3 Å². The zero-order chi connectivity index (χ0) is 23.2. The molecule has 0 bridgehead atoms. The molecule has 0 aliphatic carbocycles. The van der Waals surface area contributed by atoms with Crippen LogP contribution < -0.4 is 5.32 Å². The topological polar surface area (TPSA) is 83.6 Å². The van der Waals surface area contributed by atoms with Crippen molar-refractivity contribution in [2.75, 3.05) is 5.32 Å². The maximum absolute atomic E-state index is 12.9. The van der Waals surface area contributed by atoms with Gasteiger partial charge in [-0.2, -0.15) is 10.4 Å². The lowest BCUT2D eigenvalue weighted by molar-refractivity contribution is -0.112. The summed E-state index contributed by atoms with van der Waals surface area (Å²) in [5.41, 5.74) is 5.96. The van der Waals surface area contributed by atoms with Crippen molar-refractivity contribution in [3.63, 3.8) is 0 Å². The second-order valence-electron chi connectivity index (χ2n) is 7.80. The molecule has 6 heteroatoms. The van der Waals surface area contributed by atoms with Crippen molar-refractivity contribution in [3.8, 4) is 17.3 Å². The second-order valence-corrected chi connectivity index (χ2v) is 7.80. The number of nitrogens with one attached hydrogen (secondary N) is 1. The highest BCUT2D eigenvalue weighted by Gasteiger charge is 2.15. The Morgan fingerprint density at radius 2 is 1.94 bits per heavy atom. The molecule has 1 N–H and O–H groups in total. The molecule has 0 radical (unpaired) electrons. The number of carbonyl (C=O) groups is 1. The normalized spacial score (nSPS) is 11.1. The molecule has 2 aromatic carbocycles. The largest absolute Gasteiger partial charge is 0.321 e. The second kappa shape index (κ2) is 9.75. The average molecular weight is 434 g/mol. The van der Waals surface area contributed by atoms with E-state index in [-0.39, 0.29) is 5.57 Å². The number of carbonyl (C=O) groups excluding carboxylic acids is 1. The van der Waals surface area contributed by atoms with E-state index < -0.39 is 5.91 Å². The van der Waals surface area contributed by atoms with Crippen LogP contribution in [0.1, 0.15) is 22.3 Å². The first-order valence-corrected chi connectivity index (χ1v) is 10.6. The number of amides is 1. The summed E-state index contributed by atoms with van der Waals surface area (Å²) in [5, 5.41) is 17.3. The number of hydrogen-bond acceptors (Lipinski definition) is 4. The summed E-state index contributed by atoms with van der Waals surface area (Å²) in [6.45, 7) is 4.48. The fourth-order valence-corrected chi connectivity index (χ4v) is 3.57. The molecule has 1 amide bonds. The van der Waals surface area contributed by atoms with Gasteiger partial charge in [0.25, 0.3) is 5.91 Å². The predicted octanol–water partition coefficient (Wildman–Crippen LogP) is 5.16. The first-order chi connectivity index (χ1) is 16.0. The Labute approximate surface area is 192 Å². The lowest BCUT2D eigenvalue weighted by Crippen LogP contribution is -2.14. The third-order valence-electron chi connectivity index (χ3n) is 5.21. The summed E-state index contributed by atoms with van der Waals surface area (Å²) in [7, 11) is 0. The molecule has 2 aromatic heterocycles. The third kappa shape index (κ3) is 5.23. The highest BCUT2D eigenvalue weighted by Crippen LogP contribution is 2.25. The van der Waals surface area contributed by atoms with Gasteiger partial charge in [-0.25, -0.2) is 0 Å². The quantitative estimate of drug-likeness (QED) is 0.336. The van der Waals surface area contributed by atoms with Crippen molar-refractivity contribution in [1.29, 1.82) is 5.26 Å². The van der Waals surface area contributed by atoms with Crippen LogP contribution in [0.3, 0.4) is 0 Å². The lowest BCUT2D eigenvalue weighted by Gasteiger charge is -2.08. The highest BCUT2D eigenvalue weighted by atomic mass is 16.1. The van der Waals surface area contributed by atoms with Crippen molar-refractivity contribution < 1.29 is 4.79 Å². The number of pyridine rings is 1. The van der Waals surface area contributed by atoms with Crippen LogP contribution in [-0.2, 0) is 11.3 Å². The molecule has 0 spiro atoms. The molecule has 162 valence electrons. The van der Waals surface area contributed by atoms with E-state index in [0.717, 1.165) is 22.3 Å². The number of rotatable bonds is 6. The van der Waals surface area contributed by atoms with E-state index in [9.17, 15) is 10.1 Å². The standard InChI is InChI=1S/C27H23N5O/c1-19-10-11-25(20(2)13-19)30-27(33)23(15-28)14-24-18-32(17-21-7-4-3-5-8-21)31-26(24)22-9-6-12-29-16-22/h3-14,16,18H,17H2,1-2H3,(H,30,33)/b23-14+. The van der Waals surface area contributed by atoms with Gasteiger partial charge in [-0.1, -0.05) is 48.0 Å². The summed E-state index contributed by atoms with van der Waals surface area (Å²) in [5.74, 6) is -0.461. The van der Waals surface area contributed by atoms with Crippen LogP contribution in [0.4, 0.5) is 5.69 Å². The molecule has 0 saturated carbocycles. The number of aromatic nitrogens is 3. The van der Waals surface area contributed by atoms with E-state index in [1.165, 1.54) is 0 Å².